The number of nitrogens with zero attached hydrogens (tertiary/aromatic N) is 4. The zero-order valence-corrected chi connectivity index (χ0v) is 18.2. The highest BCUT2D eigenvalue weighted by molar-refractivity contribution is 7.89. The van der Waals surface area contributed by atoms with Gasteiger partial charge in [-0.15, -0.1) is 0 Å². The maximum absolute atomic E-state index is 13.5. The molecular weight excluding hydrogens is 417 g/mol. The lowest BCUT2D eigenvalue weighted by atomic mass is 10.2. The van der Waals surface area contributed by atoms with Crippen LogP contribution >= 0.6 is 0 Å². The number of aryl methyl sites for hydroxylation is 2. The third-order valence-corrected chi connectivity index (χ3v) is 7.04. The zero-order chi connectivity index (χ0) is 22.0. The van der Waals surface area contributed by atoms with E-state index < -0.39 is 15.8 Å². The minimum absolute atomic E-state index is 0.0246. The second kappa shape index (κ2) is 8.60. The molecule has 0 amide bonds. The molecule has 1 fully saturated rings. The minimum atomic E-state index is -3.73. The lowest BCUT2D eigenvalue weighted by Gasteiger charge is -2.34. The summed E-state index contributed by atoms with van der Waals surface area (Å²) in [4.78, 5) is 11.1. The summed E-state index contributed by atoms with van der Waals surface area (Å²) in [6, 6.07) is 15.0. The molecule has 1 aliphatic heterocycles. The van der Waals surface area contributed by atoms with Gasteiger partial charge in [-0.1, -0.05) is 23.8 Å². The number of sulfonamides is 1. The monoisotopic (exact) mass is 441 g/mol. The summed E-state index contributed by atoms with van der Waals surface area (Å²) in [6.45, 7) is 5.48. The summed E-state index contributed by atoms with van der Waals surface area (Å²) in [5.74, 6) is 0.670. The van der Waals surface area contributed by atoms with Crippen LogP contribution in [0.4, 0.5) is 21.8 Å². The lowest BCUT2D eigenvalue weighted by molar-refractivity contribution is 0.383. The Balaban J connectivity index is 1.47. The van der Waals surface area contributed by atoms with Gasteiger partial charge >= 0.3 is 0 Å². The van der Waals surface area contributed by atoms with Gasteiger partial charge in [0.25, 0.3) is 0 Å². The van der Waals surface area contributed by atoms with E-state index in [1.165, 1.54) is 28.1 Å². The van der Waals surface area contributed by atoms with Gasteiger partial charge in [0.2, 0.25) is 16.0 Å². The quantitative estimate of drug-likeness (QED) is 0.653. The van der Waals surface area contributed by atoms with Crippen molar-refractivity contribution in [2.75, 3.05) is 36.4 Å². The van der Waals surface area contributed by atoms with Gasteiger partial charge in [0.1, 0.15) is 11.6 Å². The Morgan fingerprint density at radius 3 is 2.32 bits per heavy atom. The molecule has 162 valence electrons. The van der Waals surface area contributed by atoms with Gasteiger partial charge < -0.3 is 10.2 Å². The number of anilines is 3. The van der Waals surface area contributed by atoms with Crippen LogP contribution in [0.15, 0.2) is 59.5 Å². The van der Waals surface area contributed by atoms with Gasteiger partial charge in [-0.25, -0.2) is 17.8 Å². The third kappa shape index (κ3) is 4.83. The second-order valence-corrected chi connectivity index (χ2v) is 9.47. The first-order valence-corrected chi connectivity index (χ1v) is 11.5. The summed E-state index contributed by atoms with van der Waals surface area (Å²) in [5, 5.41) is 3.22. The average molecular weight is 442 g/mol. The Labute approximate surface area is 181 Å². The first kappa shape index (κ1) is 21.2. The standard InChI is InChI=1S/C22H24FN5O2S/c1-16-6-8-19(9-7-16)25-22-24-17(2)14-21(26-22)27-10-12-28(13-11-27)31(29,30)20-5-3-4-18(23)15-20/h3-9,14-15H,10-13H2,1-2H3,(H,24,25,26). The van der Waals surface area contributed by atoms with Crippen LogP contribution in [0.25, 0.3) is 0 Å². The Hall–Kier alpha value is -3.04. The number of hydrogen-bond acceptors (Lipinski definition) is 6. The van der Waals surface area contributed by atoms with Gasteiger partial charge in [-0.3, -0.25) is 0 Å². The molecule has 0 unspecified atom stereocenters. The molecule has 1 aliphatic rings. The van der Waals surface area contributed by atoms with E-state index in [1.54, 1.807) is 0 Å². The molecule has 2 heterocycles. The van der Waals surface area contributed by atoms with Crippen LogP contribution in [0, 0.1) is 19.7 Å². The van der Waals surface area contributed by atoms with E-state index in [0.29, 0.717) is 32.1 Å². The number of aromatic nitrogens is 2. The molecule has 0 saturated carbocycles. The van der Waals surface area contributed by atoms with Crippen molar-refractivity contribution in [1.82, 2.24) is 14.3 Å². The molecule has 4 rings (SSSR count). The van der Waals surface area contributed by atoms with Crippen LogP contribution in [-0.2, 0) is 10.0 Å². The highest BCUT2D eigenvalue weighted by Crippen LogP contribution is 2.23. The number of nitrogens with one attached hydrogen (secondary N) is 1. The molecule has 1 saturated heterocycles. The Morgan fingerprint density at radius 2 is 1.65 bits per heavy atom. The van der Waals surface area contributed by atoms with Gasteiger partial charge in [0.15, 0.2) is 0 Å². The fraction of sp³-hybridized carbons (Fsp3) is 0.273. The SMILES string of the molecule is Cc1ccc(Nc2nc(C)cc(N3CCN(S(=O)(=O)c4cccc(F)c4)CC3)n2)cc1. The minimum Gasteiger partial charge on any atom is -0.354 e. The van der Waals surface area contributed by atoms with Crippen LogP contribution in [0.3, 0.4) is 0 Å². The smallest absolute Gasteiger partial charge is 0.243 e. The molecular formula is C22H24FN5O2S. The molecule has 9 heteroatoms. The van der Waals surface area contributed by atoms with E-state index in [9.17, 15) is 12.8 Å². The van der Waals surface area contributed by atoms with Gasteiger partial charge in [-0.05, 0) is 44.2 Å². The molecule has 2 aromatic carbocycles. The molecule has 0 spiro atoms. The molecule has 7 nitrogen and oxygen atoms in total. The summed E-state index contributed by atoms with van der Waals surface area (Å²) >= 11 is 0. The van der Waals surface area contributed by atoms with E-state index >= 15 is 0 Å². The Morgan fingerprint density at radius 1 is 0.935 bits per heavy atom. The largest absolute Gasteiger partial charge is 0.354 e. The van der Waals surface area contributed by atoms with Crippen molar-refractivity contribution in [3.63, 3.8) is 0 Å². The summed E-state index contributed by atoms with van der Waals surface area (Å²) < 4.78 is 40.5. The van der Waals surface area contributed by atoms with Crippen LogP contribution in [-0.4, -0.2) is 48.9 Å². The molecule has 0 bridgehead atoms. The van der Waals surface area contributed by atoms with Gasteiger partial charge in [0, 0.05) is 43.6 Å². The second-order valence-electron chi connectivity index (χ2n) is 7.53. The van der Waals surface area contributed by atoms with Crippen molar-refractivity contribution < 1.29 is 12.8 Å². The predicted octanol–water partition coefficient (Wildman–Crippen LogP) is 3.49. The molecule has 3 aromatic rings. The molecule has 31 heavy (non-hydrogen) atoms. The van der Waals surface area contributed by atoms with Gasteiger partial charge in [0.05, 0.1) is 4.90 Å². The predicted molar refractivity (Wildman–Crippen MR) is 119 cm³/mol. The van der Waals surface area contributed by atoms with Gasteiger partial charge in [-0.2, -0.15) is 9.29 Å². The van der Waals surface area contributed by atoms with Crippen LogP contribution in [0.5, 0.6) is 0 Å². The van der Waals surface area contributed by atoms with Crippen molar-refractivity contribution in [1.29, 1.82) is 0 Å². The Kier molecular flexibility index (Phi) is 5.88. The first-order valence-electron chi connectivity index (χ1n) is 10.0. The average Bonchev–Trinajstić information content (AvgIpc) is 2.75. The number of halogens is 1. The van der Waals surface area contributed by atoms with Crippen molar-refractivity contribution in [3.05, 3.63) is 71.7 Å². The number of piperazine rings is 1. The molecule has 0 aliphatic carbocycles. The number of benzene rings is 2. The van der Waals surface area contributed by atoms with E-state index in [1.807, 2.05) is 49.1 Å². The molecule has 1 aromatic heterocycles. The fourth-order valence-corrected chi connectivity index (χ4v) is 4.92. The van der Waals surface area contributed by atoms with Crippen molar-refractivity contribution in [2.24, 2.45) is 0 Å². The number of hydrogen-bond donors (Lipinski definition) is 1. The normalized spacial score (nSPS) is 15.1. The van der Waals surface area contributed by atoms with Crippen molar-refractivity contribution in [2.45, 2.75) is 18.7 Å². The van der Waals surface area contributed by atoms with E-state index in [2.05, 4.69) is 15.3 Å². The van der Waals surface area contributed by atoms with Crippen LogP contribution < -0.4 is 10.2 Å². The van der Waals surface area contributed by atoms with Crippen molar-refractivity contribution in [3.8, 4) is 0 Å². The van der Waals surface area contributed by atoms with E-state index in [0.717, 1.165) is 23.3 Å². The highest BCUT2D eigenvalue weighted by atomic mass is 32.2. The maximum Gasteiger partial charge on any atom is 0.243 e. The summed E-state index contributed by atoms with van der Waals surface area (Å²) in [5.41, 5.74) is 2.88. The van der Waals surface area contributed by atoms with Crippen molar-refractivity contribution >= 4 is 27.5 Å². The lowest BCUT2D eigenvalue weighted by Crippen LogP contribution is -2.49. The first-order chi connectivity index (χ1) is 14.8. The van der Waals surface area contributed by atoms with Crippen LogP contribution in [0.1, 0.15) is 11.3 Å². The third-order valence-electron chi connectivity index (χ3n) is 5.14. The maximum atomic E-state index is 13.5. The summed E-state index contributed by atoms with van der Waals surface area (Å²) in [6.07, 6.45) is 0. The summed E-state index contributed by atoms with van der Waals surface area (Å²) in [7, 11) is -3.73. The van der Waals surface area contributed by atoms with E-state index in [-0.39, 0.29) is 4.90 Å². The molecule has 0 radical (unpaired) electrons. The number of rotatable bonds is 5. The topological polar surface area (TPSA) is 78.4 Å². The fourth-order valence-electron chi connectivity index (χ4n) is 3.47. The Bertz CT molecular complexity index is 1180. The van der Waals surface area contributed by atoms with E-state index in [4.69, 9.17) is 0 Å². The highest BCUT2D eigenvalue weighted by Gasteiger charge is 2.29. The molecule has 1 N–H and O–H groups in total. The zero-order valence-electron chi connectivity index (χ0n) is 17.4. The molecule has 0 atom stereocenters. The van der Waals surface area contributed by atoms with Crippen LogP contribution in [0.2, 0.25) is 0 Å².